The van der Waals surface area contributed by atoms with Crippen molar-refractivity contribution in [3.8, 4) is 0 Å². The maximum Gasteiger partial charge on any atom is 0.408 e. The summed E-state index contributed by atoms with van der Waals surface area (Å²) < 4.78 is 15.8. The first-order valence-electron chi connectivity index (χ1n) is 8.06. The molecule has 0 aromatic rings. The Bertz CT molecular complexity index is 379. The van der Waals surface area contributed by atoms with Gasteiger partial charge in [0.2, 0.25) is 0 Å². The van der Waals surface area contributed by atoms with Crippen molar-refractivity contribution in [1.82, 2.24) is 5.32 Å². The van der Waals surface area contributed by atoms with E-state index in [0.29, 0.717) is 13.2 Å². The Morgan fingerprint density at radius 2 is 1.57 bits per heavy atom. The lowest BCUT2D eigenvalue weighted by atomic mass is 9.99. The van der Waals surface area contributed by atoms with Crippen molar-refractivity contribution in [3.05, 3.63) is 0 Å². The molecule has 0 heterocycles. The van der Waals surface area contributed by atoms with E-state index >= 15 is 0 Å². The molecule has 0 aromatic heterocycles. The molecule has 6 heteroatoms. The molecule has 0 aromatic carbocycles. The average Bonchev–Trinajstić information content (AvgIpc) is 2.31. The predicted octanol–water partition coefficient (Wildman–Crippen LogP) is 3.14. The Hall–Kier alpha value is -1.30. The Kier molecular flexibility index (Phi) is 8.59. The fourth-order valence-electron chi connectivity index (χ4n) is 1.60. The van der Waals surface area contributed by atoms with Crippen LogP contribution in [0, 0.1) is 11.3 Å². The van der Waals surface area contributed by atoms with Crippen LogP contribution >= 0.6 is 0 Å². The second kappa shape index (κ2) is 9.11. The van der Waals surface area contributed by atoms with Gasteiger partial charge in [-0.1, -0.05) is 34.6 Å². The maximum atomic E-state index is 12.1. The fourth-order valence-corrected chi connectivity index (χ4v) is 1.60. The summed E-state index contributed by atoms with van der Waals surface area (Å²) in [5.74, 6) is -0.587. The van der Waals surface area contributed by atoms with Gasteiger partial charge in [-0.05, 0) is 32.1 Å². The molecule has 136 valence electrons. The van der Waals surface area contributed by atoms with Gasteiger partial charge in [0.15, 0.2) is 0 Å². The summed E-state index contributed by atoms with van der Waals surface area (Å²) in [4.78, 5) is 23.9. The minimum Gasteiger partial charge on any atom is -0.462 e. The van der Waals surface area contributed by atoms with E-state index in [1.165, 1.54) is 0 Å². The Balaban J connectivity index is 4.28. The predicted molar refractivity (Wildman–Crippen MR) is 89.2 cm³/mol. The molecule has 0 radical (unpaired) electrons. The number of carbonyl (C=O) groups excluding carboxylic acids is 2. The van der Waals surface area contributed by atoms with E-state index in [-0.39, 0.29) is 17.9 Å². The summed E-state index contributed by atoms with van der Waals surface area (Å²) in [7, 11) is 0. The van der Waals surface area contributed by atoms with Gasteiger partial charge in [-0.3, -0.25) is 0 Å². The van der Waals surface area contributed by atoms with Crippen LogP contribution in [0.15, 0.2) is 0 Å². The molecule has 0 spiro atoms. The number of rotatable bonds is 7. The number of hydrogen-bond donors (Lipinski definition) is 1. The number of amides is 1. The largest absolute Gasteiger partial charge is 0.462 e. The average molecular weight is 331 g/mol. The summed E-state index contributed by atoms with van der Waals surface area (Å²) in [6.07, 6.45) is -0.628. The SMILES string of the molecule is CC(C)[C@H](NC(=O)OC(C)(C)C)C(=O)OCCOCC(C)(C)C. The molecule has 23 heavy (non-hydrogen) atoms. The first-order valence-corrected chi connectivity index (χ1v) is 8.06. The summed E-state index contributed by atoms with van der Waals surface area (Å²) >= 11 is 0. The molecule has 1 atom stereocenters. The van der Waals surface area contributed by atoms with Crippen molar-refractivity contribution < 1.29 is 23.8 Å². The molecule has 1 amide bonds. The van der Waals surface area contributed by atoms with E-state index in [2.05, 4.69) is 26.1 Å². The third-order valence-electron chi connectivity index (χ3n) is 2.60. The Labute approximate surface area is 140 Å². The smallest absolute Gasteiger partial charge is 0.408 e. The lowest BCUT2D eigenvalue weighted by Gasteiger charge is -2.24. The van der Waals surface area contributed by atoms with Gasteiger partial charge in [0, 0.05) is 0 Å². The van der Waals surface area contributed by atoms with Crippen molar-refractivity contribution in [2.24, 2.45) is 11.3 Å². The second-order valence-electron chi connectivity index (χ2n) is 8.15. The fraction of sp³-hybridized carbons (Fsp3) is 0.882. The standard InChI is InChI=1S/C17H33NO5/c1-12(2)13(18-15(20)23-17(6,7)8)14(19)22-10-9-21-11-16(3,4)5/h12-13H,9-11H2,1-8H3,(H,18,20)/t13-/m0/s1. The van der Waals surface area contributed by atoms with Crippen LogP contribution in [0.1, 0.15) is 55.4 Å². The molecule has 0 unspecified atom stereocenters. The van der Waals surface area contributed by atoms with Crippen LogP contribution < -0.4 is 5.32 Å². The van der Waals surface area contributed by atoms with Gasteiger partial charge in [-0.15, -0.1) is 0 Å². The third-order valence-corrected chi connectivity index (χ3v) is 2.60. The Morgan fingerprint density at radius 1 is 1.00 bits per heavy atom. The highest BCUT2D eigenvalue weighted by Crippen LogP contribution is 2.13. The summed E-state index contributed by atoms with van der Waals surface area (Å²) in [5, 5.41) is 2.56. The molecule has 0 saturated carbocycles. The Morgan fingerprint density at radius 3 is 2.00 bits per heavy atom. The zero-order valence-electron chi connectivity index (χ0n) is 15.8. The van der Waals surface area contributed by atoms with Crippen molar-refractivity contribution in [2.75, 3.05) is 19.8 Å². The van der Waals surface area contributed by atoms with Gasteiger partial charge < -0.3 is 19.5 Å². The van der Waals surface area contributed by atoms with Crippen molar-refractivity contribution in [2.45, 2.75) is 67.0 Å². The van der Waals surface area contributed by atoms with Crippen LogP contribution in [0.5, 0.6) is 0 Å². The normalized spacial score (nSPS) is 13.6. The van der Waals surface area contributed by atoms with E-state index < -0.39 is 23.7 Å². The van der Waals surface area contributed by atoms with E-state index in [0.717, 1.165) is 0 Å². The quantitative estimate of drug-likeness (QED) is 0.573. The molecule has 0 fully saturated rings. The van der Waals surface area contributed by atoms with E-state index in [4.69, 9.17) is 14.2 Å². The summed E-state index contributed by atoms with van der Waals surface area (Å²) in [6.45, 7) is 16.3. The van der Waals surface area contributed by atoms with Crippen LogP contribution in [0.2, 0.25) is 0 Å². The molecule has 0 aliphatic heterocycles. The number of carbonyl (C=O) groups is 2. The highest BCUT2D eigenvalue weighted by Gasteiger charge is 2.28. The molecular formula is C17H33NO5. The monoisotopic (exact) mass is 331 g/mol. The first-order chi connectivity index (χ1) is 10.3. The van der Waals surface area contributed by atoms with Crippen molar-refractivity contribution >= 4 is 12.1 Å². The molecule has 0 rings (SSSR count). The molecular weight excluding hydrogens is 298 g/mol. The topological polar surface area (TPSA) is 73.9 Å². The van der Waals surface area contributed by atoms with E-state index in [1.54, 1.807) is 20.8 Å². The van der Waals surface area contributed by atoms with Gasteiger partial charge in [-0.25, -0.2) is 9.59 Å². The minimum atomic E-state index is -0.743. The van der Waals surface area contributed by atoms with Crippen molar-refractivity contribution in [1.29, 1.82) is 0 Å². The zero-order valence-corrected chi connectivity index (χ0v) is 15.8. The molecule has 0 aliphatic rings. The zero-order chi connectivity index (χ0) is 18.3. The van der Waals surface area contributed by atoms with Gasteiger partial charge in [0.25, 0.3) is 0 Å². The lowest BCUT2D eigenvalue weighted by Crippen LogP contribution is -2.47. The number of ether oxygens (including phenoxy) is 3. The van der Waals surface area contributed by atoms with Crippen LogP contribution in [0.25, 0.3) is 0 Å². The second-order valence-corrected chi connectivity index (χ2v) is 8.15. The highest BCUT2D eigenvalue weighted by atomic mass is 16.6. The molecule has 0 bridgehead atoms. The highest BCUT2D eigenvalue weighted by molar-refractivity contribution is 5.81. The number of esters is 1. The van der Waals surface area contributed by atoms with Crippen LogP contribution in [0.4, 0.5) is 4.79 Å². The van der Waals surface area contributed by atoms with Crippen LogP contribution in [0.3, 0.4) is 0 Å². The van der Waals surface area contributed by atoms with Gasteiger partial charge in [-0.2, -0.15) is 0 Å². The number of hydrogen-bond acceptors (Lipinski definition) is 5. The van der Waals surface area contributed by atoms with Crippen LogP contribution in [-0.2, 0) is 19.0 Å². The summed E-state index contributed by atoms with van der Waals surface area (Å²) in [5.41, 5.74) is -0.543. The molecule has 1 N–H and O–H groups in total. The molecule has 6 nitrogen and oxygen atoms in total. The van der Waals surface area contributed by atoms with E-state index in [9.17, 15) is 9.59 Å². The van der Waals surface area contributed by atoms with Crippen molar-refractivity contribution in [3.63, 3.8) is 0 Å². The first kappa shape index (κ1) is 21.7. The molecule has 0 aliphatic carbocycles. The van der Waals surface area contributed by atoms with Crippen LogP contribution in [-0.4, -0.2) is 43.5 Å². The number of nitrogens with one attached hydrogen (secondary N) is 1. The third kappa shape index (κ3) is 11.9. The van der Waals surface area contributed by atoms with E-state index in [1.807, 2.05) is 13.8 Å². The number of alkyl carbamates (subject to hydrolysis) is 1. The van der Waals surface area contributed by atoms with Gasteiger partial charge in [0.05, 0.1) is 13.2 Å². The minimum absolute atomic E-state index is 0.0722. The summed E-state index contributed by atoms with van der Waals surface area (Å²) in [6, 6.07) is -0.743. The maximum absolute atomic E-state index is 12.1. The molecule has 0 saturated heterocycles. The van der Waals surface area contributed by atoms with Gasteiger partial charge >= 0.3 is 12.1 Å². The lowest BCUT2D eigenvalue weighted by molar-refractivity contribution is -0.149. The van der Waals surface area contributed by atoms with Gasteiger partial charge in [0.1, 0.15) is 18.2 Å².